The van der Waals surface area contributed by atoms with Gasteiger partial charge in [-0.25, -0.2) is 0 Å². The fraction of sp³-hybridized carbons (Fsp3) is 0.176. The van der Waals surface area contributed by atoms with Crippen molar-refractivity contribution in [1.82, 2.24) is 5.01 Å². The number of alkyl halides is 3. The minimum Gasteiger partial charge on any atom is -0.362 e. The maximum atomic E-state index is 13.6. The molecule has 1 N–H and O–H groups in total. The highest BCUT2D eigenvalue weighted by atomic mass is 79.9. The number of amides is 1. The normalized spacial score (nSPS) is 20.2. The number of carbonyl (C=O) groups excluding carboxylic acids is 1. The van der Waals surface area contributed by atoms with Gasteiger partial charge in [0.2, 0.25) is 0 Å². The van der Waals surface area contributed by atoms with Crippen LogP contribution in [0.5, 0.6) is 0 Å². The van der Waals surface area contributed by atoms with E-state index in [2.05, 4.69) is 37.0 Å². The molecule has 1 amide bonds. The first kappa shape index (κ1) is 19.1. The van der Waals surface area contributed by atoms with Gasteiger partial charge in [-0.3, -0.25) is 4.79 Å². The highest BCUT2D eigenvalue weighted by Gasteiger charge is 2.63. The Bertz CT molecular complexity index is 884. The minimum atomic E-state index is -5.08. The number of aliphatic hydroxyl groups is 1. The Morgan fingerprint density at radius 1 is 1.12 bits per heavy atom. The molecular weight excluding hydrogens is 481 g/mol. The van der Waals surface area contributed by atoms with Crippen molar-refractivity contribution in [1.29, 1.82) is 0 Å². The predicted molar refractivity (Wildman–Crippen MR) is 96.6 cm³/mol. The van der Waals surface area contributed by atoms with Gasteiger partial charge < -0.3 is 5.11 Å². The molecule has 2 aromatic carbocycles. The lowest BCUT2D eigenvalue weighted by Gasteiger charge is -2.32. The van der Waals surface area contributed by atoms with Gasteiger partial charge in [-0.1, -0.05) is 40.2 Å². The smallest absolute Gasteiger partial charge is 0.362 e. The van der Waals surface area contributed by atoms with E-state index in [9.17, 15) is 23.1 Å². The van der Waals surface area contributed by atoms with E-state index >= 15 is 0 Å². The van der Waals surface area contributed by atoms with Crippen molar-refractivity contribution in [2.24, 2.45) is 5.10 Å². The van der Waals surface area contributed by atoms with Crippen molar-refractivity contribution in [2.75, 3.05) is 0 Å². The number of benzene rings is 2. The lowest BCUT2D eigenvalue weighted by atomic mass is 10.0. The molecule has 1 heterocycles. The van der Waals surface area contributed by atoms with E-state index in [0.29, 0.717) is 10.0 Å². The van der Waals surface area contributed by atoms with Crippen LogP contribution >= 0.6 is 31.9 Å². The molecule has 0 bridgehead atoms. The molecule has 0 fully saturated rings. The van der Waals surface area contributed by atoms with Gasteiger partial charge in [0.1, 0.15) is 0 Å². The second-order valence-corrected chi connectivity index (χ2v) is 7.41. The Labute approximate surface area is 163 Å². The SMILES string of the molecule is O=C(c1ccccc1Br)N1N=C(c2ccc(Br)cc2)C[C@@]1(O)C(F)(F)F. The highest BCUT2D eigenvalue weighted by Crippen LogP contribution is 2.42. The van der Waals surface area contributed by atoms with Crippen molar-refractivity contribution >= 4 is 43.5 Å². The summed E-state index contributed by atoms with van der Waals surface area (Å²) in [4.78, 5) is 12.7. The molecule has 0 saturated carbocycles. The van der Waals surface area contributed by atoms with Crippen molar-refractivity contribution < 1.29 is 23.1 Å². The van der Waals surface area contributed by atoms with Gasteiger partial charge in [0.05, 0.1) is 17.7 Å². The van der Waals surface area contributed by atoms with Crippen LogP contribution in [0, 0.1) is 0 Å². The van der Waals surface area contributed by atoms with Crippen molar-refractivity contribution in [2.45, 2.75) is 18.3 Å². The minimum absolute atomic E-state index is 0.0299. The maximum absolute atomic E-state index is 13.6. The van der Waals surface area contributed by atoms with E-state index < -0.39 is 24.2 Å². The van der Waals surface area contributed by atoms with E-state index in [0.717, 1.165) is 4.47 Å². The molecular formula is C17H11Br2F3N2O2. The number of halogens is 5. The van der Waals surface area contributed by atoms with Gasteiger partial charge in [-0.15, -0.1) is 0 Å². The first-order valence-corrected chi connectivity index (χ1v) is 8.94. The van der Waals surface area contributed by atoms with Crippen LogP contribution in [0.1, 0.15) is 22.3 Å². The monoisotopic (exact) mass is 490 g/mol. The van der Waals surface area contributed by atoms with Crippen LogP contribution in [0.2, 0.25) is 0 Å². The molecule has 1 aliphatic heterocycles. The van der Waals surface area contributed by atoms with Gasteiger partial charge in [-0.05, 0) is 45.8 Å². The molecule has 9 heteroatoms. The number of hydrazone groups is 1. The Morgan fingerprint density at radius 3 is 2.31 bits per heavy atom. The van der Waals surface area contributed by atoms with Crippen molar-refractivity contribution in [3.05, 3.63) is 68.6 Å². The lowest BCUT2D eigenvalue weighted by molar-refractivity contribution is -0.297. The number of carbonyl (C=O) groups is 1. The van der Waals surface area contributed by atoms with Gasteiger partial charge in [-0.2, -0.15) is 23.3 Å². The summed E-state index contributed by atoms with van der Waals surface area (Å²) in [5, 5.41) is 14.3. The zero-order valence-electron chi connectivity index (χ0n) is 13.0. The predicted octanol–water partition coefficient (Wildman–Crippen LogP) is 4.71. The first-order valence-electron chi connectivity index (χ1n) is 7.35. The van der Waals surface area contributed by atoms with E-state index in [-0.39, 0.29) is 16.3 Å². The van der Waals surface area contributed by atoms with E-state index in [1.54, 1.807) is 30.3 Å². The zero-order chi connectivity index (χ0) is 19.1. The molecule has 0 aliphatic carbocycles. The van der Waals surface area contributed by atoms with Gasteiger partial charge in [0.25, 0.3) is 11.6 Å². The second kappa shape index (κ2) is 6.79. The van der Waals surface area contributed by atoms with E-state index in [1.165, 1.54) is 18.2 Å². The molecule has 4 nitrogen and oxygen atoms in total. The third kappa shape index (κ3) is 3.30. The number of hydrogen-bond acceptors (Lipinski definition) is 3. The third-order valence-electron chi connectivity index (χ3n) is 3.91. The van der Waals surface area contributed by atoms with Crippen LogP contribution in [0.4, 0.5) is 13.2 Å². The summed E-state index contributed by atoms with van der Waals surface area (Å²) in [5.74, 6) is -1.05. The molecule has 3 rings (SSSR count). The van der Waals surface area contributed by atoms with Crippen molar-refractivity contribution in [3.63, 3.8) is 0 Å². The molecule has 0 spiro atoms. The average molecular weight is 492 g/mol. The zero-order valence-corrected chi connectivity index (χ0v) is 16.1. The van der Waals surface area contributed by atoms with Gasteiger partial charge in [0, 0.05) is 8.95 Å². The first-order chi connectivity index (χ1) is 12.1. The van der Waals surface area contributed by atoms with E-state index in [1.807, 2.05) is 0 Å². The largest absolute Gasteiger partial charge is 0.438 e. The summed E-state index contributed by atoms with van der Waals surface area (Å²) in [7, 11) is 0. The molecule has 2 aromatic rings. The highest BCUT2D eigenvalue weighted by molar-refractivity contribution is 9.10. The van der Waals surface area contributed by atoms with Crippen LogP contribution in [0.25, 0.3) is 0 Å². The molecule has 26 heavy (non-hydrogen) atoms. The lowest BCUT2D eigenvalue weighted by Crippen LogP contribution is -2.56. The topological polar surface area (TPSA) is 52.9 Å². The van der Waals surface area contributed by atoms with Crippen LogP contribution in [0.3, 0.4) is 0 Å². The molecule has 0 aromatic heterocycles. The molecule has 136 valence electrons. The fourth-order valence-electron chi connectivity index (χ4n) is 2.53. The fourth-order valence-corrected chi connectivity index (χ4v) is 3.25. The average Bonchev–Trinajstić information content (AvgIpc) is 2.94. The summed E-state index contributed by atoms with van der Waals surface area (Å²) in [6, 6.07) is 12.4. The van der Waals surface area contributed by atoms with Crippen LogP contribution in [-0.4, -0.2) is 33.6 Å². The Morgan fingerprint density at radius 2 is 1.73 bits per heavy atom. The van der Waals surface area contributed by atoms with Crippen LogP contribution in [0.15, 0.2) is 62.6 Å². The Kier molecular flexibility index (Phi) is 4.98. The molecule has 0 unspecified atom stereocenters. The van der Waals surface area contributed by atoms with Crippen LogP contribution < -0.4 is 0 Å². The number of nitrogens with zero attached hydrogens (tertiary/aromatic N) is 2. The van der Waals surface area contributed by atoms with E-state index in [4.69, 9.17) is 0 Å². The number of hydrogen-bond donors (Lipinski definition) is 1. The molecule has 0 radical (unpaired) electrons. The maximum Gasteiger partial charge on any atom is 0.438 e. The summed E-state index contributed by atoms with van der Waals surface area (Å²) >= 11 is 6.38. The van der Waals surface area contributed by atoms with Crippen molar-refractivity contribution in [3.8, 4) is 0 Å². The molecule has 1 atom stereocenters. The summed E-state index contributed by atoms with van der Waals surface area (Å²) in [5.41, 5.74) is -3.09. The quantitative estimate of drug-likeness (QED) is 0.661. The van der Waals surface area contributed by atoms with Gasteiger partial charge >= 0.3 is 6.18 Å². The summed E-state index contributed by atoms with van der Waals surface area (Å²) in [6.45, 7) is 0. The Balaban J connectivity index is 2.07. The van der Waals surface area contributed by atoms with Gasteiger partial charge in [0.15, 0.2) is 0 Å². The summed E-state index contributed by atoms with van der Waals surface area (Å²) in [6.07, 6.45) is -5.93. The third-order valence-corrected chi connectivity index (χ3v) is 5.13. The van der Waals surface area contributed by atoms with Crippen LogP contribution in [-0.2, 0) is 0 Å². The summed E-state index contributed by atoms with van der Waals surface area (Å²) < 4.78 is 41.8. The Hall–Kier alpha value is -1.71. The second-order valence-electron chi connectivity index (χ2n) is 5.64. The molecule has 1 aliphatic rings. The molecule has 0 saturated heterocycles. The number of rotatable bonds is 2. The standard InChI is InChI=1S/C17H11Br2F3N2O2/c18-11-7-5-10(6-8-11)14-9-16(26,17(20,21)22)24(23-14)15(25)12-3-1-2-4-13(12)19/h1-8,26H,9H2/t16-/m1/s1.